The summed E-state index contributed by atoms with van der Waals surface area (Å²) in [7, 11) is 0. The number of benzene rings is 2. The van der Waals surface area contributed by atoms with Gasteiger partial charge in [0.25, 0.3) is 0 Å². The van der Waals surface area contributed by atoms with E-state index in [1.807, 2.05) is 0 Å². The molecule has 0 aliphatic carbocycles. The monoisotopic (exact) mass is 358 g/mol. The van der Waals surface area contributed by atoms with Gasteiger partial charge < -0.3 is 0 Å². The number of hydrogen-bond donors (Lipinski definition) is 4. The van der Waals surface area contributed by atoms with Crippen molar-refractivity contribution in [3.8, 4) is 11.5 Å². The van der Waals surface area contributed by atoms with Gasteiger partial charge in [-0.2, -0.15) is 0 Å². The van der Waals surface area contributed by atoms with Crippen LogP contribution in [0.25, 0.3) is 0 Å². The minimum atomic E-state index is -1.40. The standard InChI is InChI=1S/C16H15N2O4.Co/c1-10(17-15(21)11-6-2-4-8-13(11)19)18-16(22)12-7-3-5-9-14(12)20;/h2-9,19-20H,1H3,(H,17,21)(H,18,22);. The van der Waals surface area contributed by atoms with Crippen LogP contribution in [0.4, 0.5) is 0 Å². The van der Waals surface area contributed by atoms with Gasteiger partial charge in [0, 0.05) is 0 Å². The normalized spacial score (nSPS) is 10.9. The van der Waals surface area contributed by atoms with Crippen molar-refractivity contribution in [1.29, 1.82) is 0 Å². The molecule has 23 heavy (non-hydrogen) atoms. The Hall–Kier alpha value is -2.51. The summed E-state index contributed by atoms with van der Waals surface area (Å²) >= 11 is 4.27. The molecular weight excluding hydrogens is 343 g/mol. The molecule has 0 bridgehead atoms. The summed E-state index contributed by atoms with van der Waals surface area (Å²) in [6, 6.07) is 12.0. The van der Waals surface area contributed by atoms with Crippen molar-refractivity contribution in [1.82, 2.24) is 10.6 Å². The van der Waals surface area contributed by atoms with Crippen LogP contribution in [0.5, 0.6) is 11.5 Å². The van der Waals surface area contributed by atoms with Gasteiger partial charge in [0.2, 0.25) is 0 Å². The van der Waals surface area contributed by atoms with E-state index in [0.717, 1.165) is 0 Å². The Balaban J connectivity index is 2.10. The second-order valence-electron chi connectivity index (χ2n) is 4.90. The molecule has 7 heteroatoms. The number of para-hydroxylation sites is 2. The van der Waals surface area contributed by atoms with Gasteiger partial charge in [0.15, 0.2) is 0 Å². The molecule has 0 aliphatic rings. The van der Waals surface area contributed by atoms with E-state index in [1.54, 1.807) is 24.3 Å². The Morgan fingerprint density at radius 3 is 1.57 bits per heavy atom. The Bertz CT molecular complexity index is 685. The Morgan fingerprint density at radius 1 is 0.870 bits per heavy atom. The number of hydrogen-bond acceptors (Lipinski definition) is 4. The molecule has 0 radical (unpaired) electrons. The Morgan fingerprint density at radius 2 is 1.22 bits per heavy atom. The molecule has 2 amide bonds. The molecule has 2 aromatic rings. The SMILES string of the molecule is C[C]([Co])(NC(=O)c1ccccc1O)NC(=O)c1ccccc1O. The average molecular weight is 358 g/mol. The van der Waals surface area contributed by atoms with E-state index in [0.29, 0.717) is 0 Å². The van der Waals surface area contributed by atoms with Crippen molar-refractivity contribution in [2.45, 2.75) is 11.5 Å². The molecular formula is C16H15CoN2O4. The van der Waals surface area contributed by atoms with Crippen molar-refractivity contribution >= 4 is 11.8 Å². The molecule has 0 heterocycles. The van der Waals surface area contributed by atoms with Crippen LogP contribution >= 0.6 is 0 Å². The average Bonchev–Trinajstić information content (AvgIpc) is 2.46. The zero-order valence-corrected chi connectivity index (χ0v) is 13.2. The third-order valence-electron chi connectivity index (χ3n) is 2.98. The van der Waals surface area contributed by atoms with Crippen LogP contribution < -0.4 is 10.6 Å². The van der Waals surface area contributed by atoms with Gasteiger partial charge in [0.1, 0.15) is 0 Å². The molecule has 0 fully saturated rings. The summed E-state index contributed by atoms with van der Waals surface area (Å²) in [5, 5.41) is 24.3. The maximum absolute atomic E-state index is 12.1. The first-order valence-electron chi connectivity index (χ1n) is 6.68. The summed E-state index contributed by atoms with van der Waals surface area (Å²) in [5.74, 6) is -1.56. The van der Waals surface area contributed by atoms with Crippen LogP contribution in [-0.4, -0.2) is 26.6 Å². The first kappa shape index (κ1) is 16.9. The molecule has 122 valence electrons. The van der Waals surface area contributed by atoms with Crippen LogP contribution in [0.2, 0.25) is 0 Å². The molecule has 2 aromatic carbocycles. The summed E-state index contributed by atoms with van der Waals surface area (Å²) < 4.78 is -1.40. The number of phenolic OH excluding ortho intramolecular Hbond substituents is 2. The van der Waals surface area contributed by atoms with E-state index in [9.17, 15) is 19.8 Å². The van der Waals surface area contributed by atoms with E-state index in [4.69, 9.17) is 0 Å². The molecule has 0 saturated heterocycles. The second-order valence-corrected chi connectivity index (χ2v) is 5.94. The molecule has 0 atom stereocenters. The number of carbonyl (C=O) groups excluding carboxylic acids is 2. The van der Waals surface area contributed by atoms with E-state index >= 15 is 0 Å². The van der Waals surface area contributed by atoms with Crippen LogP contribution in [0.15, 0.2) is 48.5 Å². The fraction of sp³-hybridized carbons (Fsp3) is 0.125. The summed E-state index contributed by atoms with van der Waals surface area (Å²) in [4.78, 5) is 24.3. The van der Waals surface area contributed by atoms with Crippen molar-refractivity contribution in [3.05, 3.63) is 59.7 Å². The predicted molar refractivity (Wildman–Crippen MR) is 79.6 cm³/mol. The van der Waals surface area contributed by atoms with E-state index in [1.165, 1.54) is 31.2 Å². The molecule has 2 rings (SSSR count). The molecule has 0 aromatic heterocycles. The number of carbonyl (C=O) groups is 2. The zero-order valence-electron chi connectivity index (χ0n) is 12.2. The van der Waals surface area contributed by atoms with Crippen LogP contribution in [0.3, 0.4) is 0 Å². The topological polar surface area (TPSA) is 98.7 Å². The molecule has 6 nitrogen and oxygen atoms in total. The summed E-state index contributed by atoms with van der Waals surface area (Å²) in [6.07, 6.45) is 0. The number of aromatic hydroxyl groups is 2. The quantitative estimate of drug-likeness (QED) is 0.622. The molecule has 4 N–H and O–H groups in total. The zero-order chi connectivity index (χ0) is 17.0. The van der Waals surface area contributed by atoms with Crippen molar-refractivity contribution < 1.29 is 35.5 Å². The molecule has 0 aliphatic heterocycles. The van der Waals surface area contributed by atoms with E-state index in [-0.39, 0.29) is 22.6 Å². The maximum atomic E-state index is 12.1. The van der Waals surface area contributed by atoms with E-state index in [2.05, 4.69) is 26.4 Å². The fourth-order valence-corrected chi connectivity index (χ4v) is 2.15. The van der Waals surface area contributed by atoms with E-state index < -0.39 is 16.4 Å². The molecule has 0 spiro atoms. The first-order chi connectivity index (χ1) is 10.8. The second kappa shape index (κ2) is 6.72. The Kier molecular flexibility index (Phi) is 4.92. The van der Waals surface area contributed by atoms with Gasteiger partial charge in [-0.1, -0.05) is 0 Å². The Labute approximate surface area is 141 Å². The van der Waals surface area contributed by atoms with Crippen molar-refractivity contribution in [2.75, 3.05) is 0 Å². The van der Waals surface area contributed by atoms with Crippen LogP contribution in [-0.2, 0) is 15.7 Å². The first-order valence-corrected chi connectivity index (χ1v) is 7.20. The third kappa shape index (κ3) is 4.24. The minimum absolute atomic E-state index is 0.0587. The number of rotatable bonds is 4. The van der Waals surface area contributed by atoms with Crippen LogP contribution in [0, 0.1) is 0 Å². The summed E-state index contributed by atoms with van der Waals surface area (Å²) in [5.41, 5.74) is 0.117. The van der Waals surface area contributed by atoms with Gasteiger partial charge >= 0.3 is 141 Å². The third-order valence-corrected chi connectivity index (χ3v) is 3.24. The van der Waals surface area contributed by atoms with Gasteiger partial charge in [-0.3, -0.25) is 0 Å². The van der Waals surface area contributed by atoms with Gasteiger partial charge in [-0.15, -0.1) is 0 Å². The molecule has 0 unspecified atom stereocenters. The van der Waals surface area contributed by atoms with Crippen LogP contribution in [0.1, 0.15) is 27.6 Å². The molecule has 0 saturated carbocycles. The number of amides is 2. The number of phenols is 2. The summed E-state index contributed by atoms with van der Waals surface area (Å²) in [6.45, 7) is 1.46. The fourth-order valence-electron chi connectivity index (χ4n) is 1.91. The van der Waals surface area contributed by atoms with Crippen molar-refractivity contribution in [3.63, 3.8) is 0 Å². The van der Waals surface area contributed by atoms with Crippen molar-refractivity contribution in [2.24, 2.45) is 0 Å². The van der Waals surface area contributed by atoms with Gasteiger partial charge in [-0.05, 0) is 0 Å². The number of nitrogens with one attached hydrogen (secondary N) is 2. The van der Waals surface area contributed by atoms with Gasteiger partial charge in [-0.25, -0.2) is 0 Å². The van der Waals surface area contributed by atoms with Gasteiger partial charge in [0.05, 0.1) is 0 Å². The predicted octanol–water partition coefficient (Wildman–Crippen LogP) is 1.48.